The molecule has 1 aromatic carbocycles. The maximum absolute atomic E-state index is 11.9. The molecule has 6 heteroatoms. The standard InChI is InChI=1S/C14H18N2O4/c1-19-11-6-3-9(7-12(11)20-2)14(18)15-8-13(17)16-10-4-5-10/h3,6-7,10H,4-5,8H2,1-2H3,(H,15,18)(H,16,17). The van der Waals surface area contributed by atoms with Crippen LogP contribution >= 0.6 is 0 Å². The summed E-state index contributed by atoms with van der Waals surface area (Å²) in [5.41, 5.74) is 0.418. The Kier molecular flexibility index (Phi) is 4.45. The zero-order chi connectivity index (χ0) is 14.5. The molecule has 0 heterocycles. The lowest BCUT2D eigenvalue weighted by molar-refractivity contribution is -0.120. The Bertz CT molecular complexity index is 512. The molecule has 0 saturated heterocycles. The van der Waals surface area contributed by atoms with Crippen LogP contribution < -0.4 is 20.1 Å². The van der Waals surface area contributed by atoms with Crippen LogP contribution in [0.4, 0.5) is 0 Å². The van der Waals surface area contributed by atoms with Gasteiger partial charge in [0, 0.05) is 11.6 Å². The van der Waals surface area contributed by atoms with E-state index in [0.717, 1.165) is 12.8 Å². The number of hydrogen-bond acceptors (Lipinski definition) is 4. The van der Waals surface area contributed by atoms with Gasteiger partial charge < -0.3 is 20.1 Å². The summed E-state index contributed by atoms with van der Waals surface area (Å²) in [5, 5.41) is 5.38. The summed E-state index contributed by atoms with van der Waals surface area (Å²) in [7, 11) is 3.03. The molecule has 0 spiro atoms. The first-order chi connectivity index (χ1) is 9.63. The number of carbonyl (C=O) groups is 2. The molecule has 2 rings (SSSR count). The third-order valence-corrected chi connectivity index (χ3v) is 3.00. The van der Waals surface area contributed by atoms with Gasteiger partial charge >= 0.3 is 0 Å². The van der Waals surface area contributed by atoms with Crippen molar-refractivity contribution in [2.24, 2.45) is 0 Å². The molecular weight excluding hydrogens is 260 g/mol. The van der Waals surface area contributed by atoms with Gasteiger partial charge in [0.15, 0.2) is 11.5 Å². The second kappa shape index (κ2) is 6.27. The molecule has 1 saturated carbocycles. The van der Waals surface area contributed by atoms with E-state index >= 15 is 0 Å². The molecule has 1 aliphatic rings. The Morgan fingerprint density at radius 2 is 1.90 bits per heavy atom. The van der Waals surface area contributed by atoms with Crippen LogP contribution in [0.2, 0.25) is 0 Å². The molecule has 6 nitrogen and oxygen atoms in total. The van der Waals surface area contributed by atoms with Crippen molar-refractivity contribution in [3.63, 3.8) is 0 Å². The predicted molar refractivity (Wildman–Crippen MR) is 73.0 cm³/mol. The van der Waals surface area contributed by atoms with E-state index in [2.05, 4.69) is 10.6 Å². The second-order valence-corrected chi connectivity index (χ2v) is 4.59. The highest BCUT2D eigenvalue weighted by molar-refractivity contribution is 5.97. The van der Waals surface area contributed by atoms with Gasteiger partial charge in [-0.15, -0.1) is 0 Å². The number of ether oxygens (including phenoxy) is 2. The van der Waals surface area contributed by atoms with Gasteiger partial charge in [-0.2, -0.15) is 0 Å². The van der Waals surface area contributed by atoms with E-state index < -0.39 is 0 Å². The minimum absolute atomic E-state index is 0.0241. The summed E-state index contributed by atoms with van der Waals surface area (Å²) < 4.78 is 10.2. The van der Waals surface area contributed by atoms with E-state index in [1.165, 1.54) is 14.2 Å². The van der Waals surface area contributed by atoms with Crippen LogP contribution in [0.15, 0.2) is 18.2 Å². The molecule has 108 valence electrons. The topological polar surface area (TPSA) is 76.7 Å². The minimum atomic E-state index is -0.322. The maximum Gasteiger partial charge on any atom is 0.251 e. The molecule has 2 N–H and O–H groups in total. The van der Waals surface area contributed by atoms with E-state index in [0.29, 0.717) is 23.1 Å². The minimum Gasteiger partial charge on any atom is -0.493 e. The lowest BCUT2D eigenvalue weighted by Gasteiger charge is -2.10. The number of nitrogens with one attached hydrogen (secondary N) is 2. The van der Waals surface area contributed by atoms with Crippen molar-refractivity contribution >= 4 is 11.8 Å². The highest BCUT2D eigenvalue weighted by Gasteiger charge is 2.23. The Morgan fingerprint density at radius 3 is 2.50 bits per heavy atom. The van der Waals surface area contributed by atoms with Gasteiger partial charge in [-0.3, -0.25) is 9.59 Å². The first-order valence-electron chi connectivity index (χ1n) is 6.43. The van der Waals surface area contributed by atoms with Crippen LogP contribution in [-0.2, 0) is 4.79 Å². The molecule has 20 heavy (non-hydrogen) atoms. The molecule has 1 aliphatic carbocycles. The molecule has 1 fully saturated rings. The van der Waals surface area contributed by atoms with Gasteiger partial charge in [-0.25, -0.2) is 0 Å². The Morgan fingerprint density at radius 1 is 1.20 bits per heavy atom. The zero-order valence-electron chi connectivity index (χ0n) is 11.6. The van der Waals surface area contributed by atoms with Crippen LogP contribution in [0.1, 0.15) is 23.2 Å². The van der Waals surface area contributed by atoms with Crippen molar-refractivity contribution in [2.75, 3.05) is 20.8 Å². The maximum atomic E-state index is 11.9. The third kappa shape index (κ3) is 3.63. The number of methoxy groups -OCH3 is 2. The van der Waals surface area contributed by atoms with Gasteiger partial charge in [-0.05, 0) is 31.0 Å². The summed E-state index contributed by atoms with van der Waals surface area (Å²) >= 11 is 0. The summed E-state index contributed by atoms with van der Waals surface area (Å²) in [6.45, 7) is -0.0241. The highest BCUT2D eigenvalue weighted by Crippen LogP contribution is 2.27. The van der Waals surface area contributed by atoms with E-state index in [1.807, 2.05) is 0 Å². The molecule has 0 aliphatic heterocycles. The molecule has 1 aromatic rings. The van der Waals surface area contributed by atoms with Gasteiger partial charge in [-0.1, -0.05) is 0 Å². The first kappa shape index (κ1) is 14.2. The van der Waals surface area contributed by atoms with Crippen LogP contribution in [-0.4, -0.2) is 38.6 Å². The van der Waals surface area contributed by atoms with Crippen LogP contribution in [0, 0.1) is 0 Å². The third-order valence-electron chi connectivity index (χ3n) is 3.00. The fraction of sp³-hybridized carbons (Fsp3) is 0.429. The Labute approximate surface area is 117 Å². The lowest BCUT2D eigenvalue weighted by atomic mass is 10.2. The number of carbonyl (C=O) groups excluding carboxylic acids is 2. The Hall–Kier alpha value is -2.24. The molecule has 0 unspecified atom stereocenters. The molecule has 0 aromatic heterocycles. The summed E-state index contributed by atoms with van der Waals surface area (Å²) in [6.07, 6.45) is 2.05. The van der Waals surface area contributed by atoms with E-state index in [-0.39, 0.29) is 18.4 Å². The largest absolute Gasteiger partial charge is 0.493 e. The summed E-state index contributed by atoms with van der Waals surface area (Å²) in [6, 6.07) is 5.14. The average molecular weight is 278 g/mol. The molecule has 0 radical (unpaired) electrons. The van der Waals surface area contributed by atoms with Crippen molar-refractivity contribution in [3.05, 3.63) is 23.8 Å². The van der Waals surface area contributed by atoms with E-state index in [4.69, 9.17) is 9.47 Å². The van der Waals surface area contributed by atoms with Crippen LogP contribution in [0.5, 0.6) is 11.5 Å². The zero-order valence-corrected chi connectivity index (χ0v) is 11.6. The fourth-order valence-corrected chi connectivity index (χ4v) is 1.75. The normalized spacial score (nSPS) is 13.5. The summed E-state index contributed by atoms with van der Waals surface area (Å²) in [4.78, 5) is 23.4. The molecule has 0 bridgehead atoms. The van der Waals surface area contributed by atoms with Crippen molar-refractivity contribution in [1.29, 1.82) is 0 Å². The number of amides is 2. The monoisotopic (exact) mass is 278 g/mol. The molecule has 2 amide bonds. The van der Waals surface area contributed by atoms with Crippen molar-refractivity contribution < 1.29 is 19.1 Å². The van der Waals surface area contributed by atoms with E-state index in [9.17, 15) is 9.59 Å². The summed E-state index contributed by atoms with van der Waals surface area (Å²) in [5.74, 6) is 0.538. The number of rotatable bonds is 6. The van der Waals surface area contributed by atoms with Gasteiger partial charge in [0.05, 0.1) is 20.8 Å². The van der Waals surface area contributed by atoms with Crippen molar-refractivity contribution in [3.8, 4) is 11.5 Å². The first-order valence-corrected chi connectivity index (χ1v) is 6.43. The molecular formula is C14H18N2O4. The average Bonchev–Trinajstić information content (AvgIpc) is 3.27. The predicted octanol–water partition coefficient (Wildman–Crippen LogP) is 0.712. The number of hydrogen-bond donors (Lipinski definition) is 2. The lowest BCUT2D eigenvalue weighted by Crippen LogP contribution is -2.37. The van der Waals surface area contributed by atoms with Crippen molar-refractivity contribution in [1.82, 2.24) is 10.6 Å². The van der Waals surface area contributed by atoms with E-state index in [1.54, 1.807) is 18.2 Å². The number of benzene rings is 1. The fourth-order valence-electron chi connectivity index (χ4n) is 1.75. The van der Waals surface area contributed by atoms with Crippen LogP contribution in [0.3, 0.4) is 0 Å². The quantitative estimate of drug-likeness (QED) is 0.803. The van der Waals surface area contributed by atoms with Gasteiger partial charge in [0.2, 0.25) is 5.91 Å². The van der Waals surface area contributed by atoms with Crippen molar-refractivity contribution in [2.45, 2.75) is 18.9 Å². The second-order valence-electron chi connectivity index (χ2n) is 4.59. The SMILES string of the molecule is COc1ccc(C(=O)NCC(=O)NC2CC2)cc1OC. The molecule has 0 atom stereocenters. The smallest absolute Gasteiger partial charge is 0.251 e. The van der Waals surface area contributed by atoms with Crippen LogP contribution in [0.25, 0.3) is 0 Å². The Balaban J connectivity index is 1.92. The van der Waals surface area contributed by atoms with Gasteiger partial charge in [0.1, 0.15) is 0 Å². The highest BCUT2D eigenvalue weighted by atomic mass is 16.5. The van der Waals surface area contributed by atoms with Gasteiger partial charge in [0.25, 0.3) is 5.91 Å².